The van der Waals surface area contributed by atoms with E-state index in [1.807, 2.05) is 6.07 Å². The van der Waals surface area contributed by atoms with Crippen molar-refractivity contribution in [1.82, 2.24) is 15.2 Å². The fraction of sp³-hybridized carbons (Fsp3) is 0.125. The van der Waals surface area contributed by atoms with Gasteiger partial charge in [-0.2, -0.15) is 0 Å². The molecule has 2 heterocycles. The van der Waals surface area contributed by atoms with Crippen LogP contribution in [0.4, 0.5) is 5.82 Å². The number of nitrogen functional groups attached to an aromatic ring is 1. The van der Waals surface area contributed by atoms with Gasteiger partial charge in [-0.25, -0.2) is 4.98 Å². The molecule has 0 atom stereocenters. The summed E-state index contributed by atoms with van der Waals surface area (Å²) in [7, 11) is 0. The third kappa shape index (κ3) is 3.05. The van der Waals surface area contributed by atoms with Gasteiger partial charge in [-0.15, -0.1) is 22.0 Å². The van der Waals surface area contributed by atoms with Crippen molar-refractivity contribution in [3.8, 4) is 0 Å². The Balaban J connectivity index is 1.96. The topological polar surface area (TPSA) is 64.7 Å². The number of pyridine rings is 1. The first kappa shape index (κ1) is 10.7. The molecule has 2 rings (SSSR count). The highest BCUT2D eigenvalue weighted by molar-refractivity contribution is 7.98. The van der Waals surface area contributed by atoms with E-state index >= 15 is 0 Å². The van der Waals surface area contributed by atoms with Gasteiger partial charge in [0, 0.05) is 11.1 Å². The van der Waals surface area contributed by atoms with Crippen LogP contribution in [0.5, 0.6) is 0 Å². The summed E-state index contributed by atoms with van der Waals surface area (Å²) in [5, 5.41) is 8.55. The first-order valence-corrected chi connectivity index (χ1v) is 6.24. The molecule has 0 unspecified atom stereocenters. The minimum Gasteiger partial charge on any atom is -0.384 e. The van der Waals surface area contributed by atoms with Crippen molar-refractivity contribution in [1.29, 1.82) is 0 Å². The zero-order valence-electron chi connectivity index (χ0n) is 7.55. The van der Waals surface area contributed by atoms with Gasteiger partial charge in [0.15, 0.2) is 0 Å². The molecule has 4 nitrogen and oxygen atoms in total. The summed E-state index contributed by atoms with van der Waals surface area (Å²) in [5.41, 5.74) is 5.48. The highest BCUT2D eigenvalue weighted by atomic mass is 35.5. The van der Waals surface area contributed by atoms with Crippen molar-refractivity contribution in [3.05, 3.63) is 27.8 Å². The summed E-state index contributed by atoms with van der Waals surface area (Å²) in [6.45, 7) is 0. The van der Waals surface area contributed by atoms with Gasteiger partial charge in [0.25, 0.3) is 0 Å². The Morgan fingerprint density at radius 3 is 2.87 bits per heavy atom. The second-order valence-corrected chi connectivity index (χ2v) is 5.35. The van der Waals surface area contributed by atoms with Crippen LogP contribution in [0.3, 0.4) is 0 Å². The zero-order valence-corrected chi connectivity index (χ0v) is 9.94. The molecule has 0 amide bonds. The molecular weight excluding hydrogens is 252 g/mol. The Kier molecular flexibility index (Phi) is 3.40. The lowest BCUT2D eigenvalue weighted by atomic mass is 10.5. The number of rotatable bonds is 3. The third-order valence-electron chi connectivity index (χ3n) is 1.56. The number of thioether (sulfide) groups is 1. The van der Waals surface area contributed by atoms with Gasteiger partial charge < -0.3 is 5.73 Å². The fourth-order valence-electron chi connectivity index (χ4n) is 0.914. The molecule has 15 heavy (non-hydrogen) atoms. The summed E-state index contributed by atoms with van der Waals surface area (Å²) in [6.07, 6.45) is 1.74. The van der Waals surface area contributed by atoms with Crippen LogP contribution in [-0.4, -0.2) is 15.2 Å². The van der Waals surface area contributed by atoms with Crippen molar-refractivity contribution in [2.45, 2.75) is 10.6 Å². The van der Waals surface area contributed by atoms with Gasteiger partial charge in [0.1, 0.15) is 10.8 Å². The highest BCUT2D eigenvalue weighted by Gasteiger charge is 2.02. The normalized spacial score (nSPS) is 10.5. The highest BCUT2D eigenvalue weighted by Crippen LogP contribution is 2.25. The maximum Gasteiger partial charge on any atom is 0.207 e. The molecule has 0 bridgehead atoms. The first-order chi connectivity index (χ1) is 7.24. The van der Waals surface area contributed by atoms with E-state index in [4.69, 9.17) is 17.3 Å². The van der Waals surface area contributed by atoms with Crippen LogP contribution < -0.4 is 5.73 Å². The minimum absolute atomic E-state index is 0.473. The Morgan fingerprint density at radius 2 is 2.27 bits per heavy atom. The Labute approximate surface area is 99.9 Å². The molecule has 0 fully saturated rings. The van der Waals surface area contributed by atoms with Gasteiger partial charge in [-0.3, -0.25) is 0 Å². The van der Waals surface area contributed by atoms with Gasteiger partial charge >= 0.3 is 0 Å². The summed E-state index contributed by atoms with van der Waals surface area (Å²) in [4.78, 5) is 5.05. The average Bonchev–Trinajstić information content (AvgIpc) is 2.64. The quantitative estimate of drug-likeness (QED) is 0.857. The standard InChI is InChI=1S/C8H7ClN4S2/c9-8-13-12-7(15-8)4-14-5-1-2-6(10)11-3-5/h1-3H,4H2,(H2,10,11). The molecule has 2 N–H and O–H groups in total. The van der Waals surface area contributed by atoms with Crippen molar-refractivity contribution in [2.75, 3.05) is 5.73 Å². The summed E-state index contributed by atoms with van der Waals surface area (Å²) in [5.74, 6) is 1.27. The molecule has 0 saturated carbocycles. The van der Waals surface area contributed by atoms with Crippen molar-refractivity contribution in [2.24, 2.45) is 0 Å². The van der Waals surface area contributed by atoms with E-state index in [1.54, 1.807) is 24.0 Å². The predicted molar refractivity (Wildman–Crippen MR) is 63.1 cm³/mol. The predicted octanol–water partition coefficient (Wildman–Crippen LogP) is 2.46. The number of anilines is 1. The van der Waals surface area contributed by atoms with Gasteiger partial charge in [0.05, 0.1) is 5.75 Å². The average molecular weight is 259 g/mol. The van der Waals surface area contributed by atoms with Crippen LogP contribution in [0.25, 0.3) is 0 Å². The SMILES string of the molecule is Nc1ccc(SCc2nnc(Cl)s2)cn1. The van der Waals surface area contributed by atoms with E-state index < -0.39 is 0 Å². The molecule has 0 radical (unpaired) electrons. The monoisotopic (exact) mass is 258 g/mol. The molecule has 2 aromatic rings. The Bertz CT molecular complexity index is 442. The molecule has 0 aliphatic heterocycles. The molecule has 0 aromatic carbocycles. The maximum absolute atomic E-state index is 5.67. The van der Waals surface area contributed by atoms with Gasteiger partial charge in [-0.1, -0.05) is 11.3 Å². The number of nitrogens with zero attached hydrogens (tertiary/aromatic N) is 3. The third-order valence-corrected chi connectivity index (χ3v) is 3.76. The second-order valence-electron chi connectivity index (χ2n) is 2.66. The first-order valence-electron chi connectivity index (χ1n) is 4.06. The largest absolute Gasteiger partial charge is 0.384 e. The molecule has 78 valence electrons. The summed E-state index contributed by atoms with van der Waals surface area (Å²) in [6, 6.07) is 3.70. The van der Waals surface area contributed by atoms with E-state index in [0.29, 0.717) is 10.3 Å². The summed E-state index contributed by atoms with van der Waals surface area (Å²) >= 11 is 8.68. The lowest BCUT2D eigenvalue weighted by Crippen LogP contribution is -1.88. The van der Waals surface area contributed by atoms with E-state index in [2.05, 4.69) is 15.2 Å². The fourth-order valence-corrected chi connectivity index (χ4v) is 2.63. The van der Waals surface area contributed by atoms with Crippen LogP contribution in [0.15, 0.2) is 23.2 Å². The zero-order chi connectivity index (χ0) is 10.7. The Hall–Kier alpha value is -0.850. The number of nitrogens with two attached hydrogens (primary N) is 1. The second kappa shape index (κ2) is 4.78. The van der Waals surface area contributed by atoms with Crippen molar-refractivity contribution < 1.29 is 0 Å². The molecule has 0 spiro atoms. The maximum atomic E-state index is 5.67. The molecule has 7 heteroatoms. The molecule has 0 saturated heterocycles. The van der Waals surface area contributed by atoms with Crippen molar-refractivity contribution in [3.63, 3.8) is 0 Å². The summed E-state index contributed by atoms with van der Waals surface area (Å²) < 4.78 is 0.473. The van der Waals surface area contributed by atoms with E-state index in [-0.39, 0.29) is 0 Å². The van der Waals surface area contributed by atoms with Crippen LogP contribution in [0.2, 0.25) is 4.47 Å². The van der Waals surface area contributed by atoms with Crippen molar-refractivity contribution >= 4 is 40.5 Å². The van der Waals surface area contributed by atoms with Gasteiger partial charge in [-0.05, 0) is 23.7 Å². The number of hydrogen-bond acceptors (Lipinski definition) is 6. The minimum atomic E-state index is 0.473. The lowest BCUT2D eigenvalue weighted by molar-refractivity contribution is 1.04. The lowest BCUT2D eigenvalue weighted by Gasteiger charge is -1.98. The molecule has 2 aromatic heterocycles. The van der Waals surface area contributed by atoms with E-state index in [9.17, 15) is 0 Å². The molecule has 0 aliphatic rings. The van der Waals surface area contributed by atoms with Crippen LogP contribution in [0, 0.1) is 0 Å². The van der Waals surface area contributed by atoms with Crippen LogP contribution in [-0.2, 0) is 5.75 Å². The molecule has 0 aliphatic carbocycles. The van der Waals surface area contributed by atoms with Crippen LogP contribution >= 0.6 is 34.7 Å². The van der Waals surface area contributed by atoms with Gasteiger partial charge in [0.2, 0.25) is 4.47 Å². The smallest absolute Gasteiger partial charge is 0.207 e. The Morgan fingerprint density at radius 1 is 1.40 bits per heavy atom. The number of halogens is 1. The van der Waals surface area contributed by atoms with Crippen LogP contribution in [0.1, 0.15) is 5.01 Å². The number of hydrogen-bond donors (Lipinski definition) is 1. The van der Waals surface area contributed by atoms with E-state index in [1.165, 1.54) is 11.3 Å². The number of aromatic nitrogens is 3. The molecular formula is C8H7ClN4S2. The van der Waals surface area contributed by atoms with E-state index in [0.717, 1.165) is 15.7 Å².